The number of hydrogen-bond acceptors (Lipinski definition) is 8. The lowest BCUT2D eigenvalue weighted by atomic mass is 9.86. The van der Waals surface area contributed by atoms with Crippen molar-refractivity contribution in [2.24, 2.45) is 5.73 Å². The molecule has 2 aromatic heterocycles. The van der Waals surface area contributed by atoms with Gasteiger partial charge in [-0.25, -0.2) is 9.97 Å². The molecule has 35 heavy (non-hydrogen) atoms. The molecule has 9 nitrogen and oxygen atoms in total. The summed E-state index contributed by atoms with van der Waals surface area (Å²) in [7, 11) is 1.76. The molecule has 0 amide bonds. The number of nitrogen functional groups attached to an aromatic ring is 1. The van der Waals surface area contributed by atoms with Gasteiger partial charge in [0.25, 0.3) is 0 Å². The number of methoxy groups -OCH3 is 1. The smallest absolute Gasteiger partial charge is 0.225 e. The quantitative estimate of drug-likeness (QED) is 0.380. The molecule has 1 unspecified atom stereocenters. The number of ether oxygens (including phenoxy) is 1. The van der Waals surface area contributed by atoms with E-state index in [4.69, 9.17) is 26.2 Å². The van der Waals surface area contributed by atoms with E-state index >= 15 is 0 Å². The van der Waals surface area contributed by atoms with E-state index in [0.29, 0.717) is 23.0 Å². The van der Waals surface area contributed by atoms with Gasteiger partial charge in [0.2, 0.25) is 5.95 Å². The summed E-state index contributed by atoms with van der Waals surface area (Å²) >= 11 is 0. The highest BCUT2D eigenvalue weighted by molar-refractivity contribution is 5.86. The molecule has 0 bridgehead atoms. The minimum Gasteiger partial charge on any atom is -0.507 e. The van der Waals surface area contributed by atoms with Gasteiger partial charge in [-0.15, -0.1) is 0 Å². The summed E-state index contributed by atoms with van der Waals surface area (Å²) in [6.07, 6.45) is 8.22. The van der Waals surface area contributed by atoms with Crippen LogP contribution in [-0.2, 0) is 16.8 Å². The van der Waals surface area contributed by atoms with E-state index in [1.807, 2.05) is 24.5 Å². The number of aromatic hydroxyl groups is 1. The molecule has 2 aliphatic rings. The number of hydrogen-bond donors (Lipinski definition) is 5. The molecule has 1 aromatic carbocycles. The summed E-state index contributed by atoms with van der Waals surface area (Å²) in [4.78, 5) is 15.0. The van der Waals surface area contributed by atoms with Crippen molar-refractivity contribution in [2.75, 3.05) is 37.4 Å². The van der Waals surface area contributed by atoms with Gasteiger partial charge in [-0.2, -0.15) is 0 Å². The molecule has 1 fully saturated rings. The summed E-state index contributed by atoms with van der Waals surface area (Å²) in [5, 5.41) is 13.6. The number of aromatic nitrogens is 3. The average molecular weight is 476 g/mol. The zero-order chi connectivity index (χ0) is 24.6. The number of nitrogens with zero attached hydrogens (tertiary/aromatic N) is 3. The zero-order valence-corrected chi connectivity index (χ0v) is 20.2. The van der Waals surface area contributed by atoms with Gasteiger partial charge in [-0.05, 0) is 51.1 Å². The normalized spacial score (nSPS) is 20.0. The van der Waals surface area contributed by atoms with Crippen molar-refractivity contribution in [1.29, 1.82) is 0 Å². The predicted octanol–water partition coefficient (Wildman–Crippen LogP) is 2.90. The maximum atomic E-state index is 10.2. The molecule has 0 radical (unpaired) electrons. The van der Waals surface area contributed by atoms with E-state index in [-0.39, 0.29) is 17.4 Å². The van der Waals surface area contributed by atoms with Crippen LogP contribution >= 0.6 is 0 Å². The fourth-order valence-corrected chi connectivity index (χ4v) is 5.39. The van der Waals surface area contributed by atoms with Gasteiger partial charge in [0.1, 0.15) is 11.6 Å². The summed E-state index contributed by atoms with van der Waals surface area (Å²) in [5.41, 5.74) is 17.5. The van der Waals surface area contributed by atoms with Crippen LogP contribution < -0.4 is 21.7 Å². The Labute approximate surface area is 205 Å². The predicted molar refractivity (Wildman–Crippen MR) is 138 cm³/mol. The van der Waals surface area contributed by atoms with E-state index in [9.17, 15) is 5.11 Å². The lowest BCUT2D eigenvalue weighted by Crippen LogP contribution is -2.41. The van der Waals surface area contributed by atoms with Crippen molar-refractivity contribution >= 4 is 23.5 Å². The molecule has 2 aliphatic heterocycles. The molecule has 9 heteroatoms. The van der Waals surface area contributed by atoms with Gasteiger partial charge >= 0.3 is 0 Å². The first kappa shape index (κ1) is 23.2. The first-order valence-corrected chi connectivity index (χ1v) is 12.0. The SMILES string of the molecule is COC1(c2cnc(N3CCc4[nH]c(N)c(/C=C(\N)c5ccccc5O)c4C3C)nc2)CCNCC1. The minimum absolute atomic E-state index is 0.0168. The molecule has 0 spiro atoms. The number of aromatic amines is 1. The average Bonchev–Trinajstić information content (AvgIpc) is 3.20. The summed E-state index contributed by atoms with van der Waals surface area (Å²) in [6, 6.07) is 7.00. The molecule has 184 valence electrons. The van der Waals surface area contributed by atoms with Crippen LogP contribution in [0.2, 0.25) is 0 Å². The number of rotatable bonds is 5. The topological polar surface area (TPSA) is 138 Å². The monoisotopic (exact) mass is 475 g/mol. The molecule has 5 rings (SSSR count). The van der Waals surface area contributed by atoms with E-state index in [0.717, 1.165) is 61.3 Å². The lowest BCUT2D eigenvalue weighted by molar-refractivity contribution is -0.0396. The maximum absolute atomic E-state index is 10.2. The second-order valence-electron chi connectivity index (χ2n) is 9.30. The number of nitrogens with two attached hydrogens (primary N) is 2. The Morgan fingerprint density at radius 3 is 2.63 bits per heavy atom. The number of phenols is 1. The Morgan fingerprint density at radius 2 is 1.94 bits per heavy atom. The van der Waals surface area contributed by atoms with Gasteiger partial charge in [0.05, 0.1) is 11.6 Å². The largest absolute Gasteiger partial charge is 0.507 e. The maximum Gasteiger partial charge on any atom is 0.225 e. The van der Waals surface area contributed by atoms with Gasteiger partial charge in [-0.1, -0.05) is 12.1 Å². The molecule has 4 heterocycles. The van der Waals surface area contributed by atoms with Crippen LogP contribution in [0.1, 0.15) is 53.8 Å². The van der Waals surface area contributed by atoms with Crippen LogP contribution in [0.25, 0.3) is 11.8 Å². The Bertz CT molecular complexity index is 1230. The molecule has 0 saturated carbocycles. The molecule has 3 aromatic rings. The number of phenolic OH excluding ortho intramolecular Hbond substituents is 1. The van der Waals surface area contributed by atoms with Crippen LogP contribution in [0.3, 0.4) is 0 Å². The molecular weight excluding hydrogens is 442 g/mol. The van der Waals surface area contributed by atoms with E-state index < -0.39 is 0 Å². The number of nitrogens with one attached hydrogen (secondary N) is 2. The fourth-order valence-electron chi connectivity index (χ4n) is 5.39. The molecular formula is C26H33N7O2. The standard InChI is InChI=1S/C26H33N7O2/c1-16-23-19(13-20(27)18-5-3-4-6-22(18)34)24(28)32-21(23)7-12-33(16)25-30-14-17(15-31-25)26(35-2)8-10-29-11-9-26/h3-6,13-16,29,32,34H,7-12,27-28H2,1-2H3/b20-13-. The first-order chi connectivity index (χ1) is 16.9. The van der Waals surface area contributed by atoms with Crippen LogP contribution in [0.15, 0.2) is 36.7 Å². The second-order valence-corrected chi connectivity index (χ2v) is 9.30. The molecule has 1 atom stereocenters. The number of piperidine rings is 1. The van der Waals surface area contributed by atoms with Crippen LogP contribution in [0.5, 0.6) is 5.75 Å². The Balaban J connectivity index is 1.45. The molecule has 7 N–H and O–H groups in total. The van der Waals surface area contributed by atoms with Crippen LogP contribution in [-0.4, -0.2) is 46.8 Å². The number of fused-ring (bicyclic) bond motifs is 1. The zero-order valence-electron chi connectivity index (χ0n) is 20.2. The lowest BCUT2D eigenvalue weighted by Gasteiger charge is -2.37. The Morgan fingerprint density at radius 1 is 1.23 bits per heavy atom. The van der Waals surface area contributed by atoms with Crippen LogP contribution in [0.4, 0.5) is 11.8 Å². The Hall–Kier alpha value is -3.56. The minimum atomic E-state index is -0.335. The third-order valence-electron chi connectivity index (χ3n) is 7.42. The van der Waals surface area contributed by atoms with Crippen molar-refractivity contribution in [3.63, 3.8) is 0 Å². The highest BCUT2D eigenvalue weighted by Gasteiger charge is 2.35. The van der Waals surface area contributed by atoms with Gasteiger partial charge in [-0.3, -0.25) is 0 Å². The number of para-hydroxylation sites is 1. The van der Waals surface area contributed by atoms with Crippen molar-refractivity contribution in [2.45, 2.75) is 37.8 Å². The van der Waals surface area contributed by atoms with Gasteiger partial charge in [0, 0.05) is 66.1 Å². The van der Waals surface area contributed by atoms with Crippen molar-refractivity contribution in [3.05, 3.63) is 64.6 Å². The number of H-pyrrole nitrogens is 1. The first-order valence-electron chi connectivity index (χ1n) is 12.0. The third kappa shape index (κ3) is 4.11. The third-order valence-corrected chi connectivity index (χ3v) is 7.42. The summed E-state index contributed by atoms with van der Waals surface area (Å²) in [5.74, 6) is 1.37. The highest BCUT2D eigenvalue weighted by atomic mass is 16.5. The summed E-state index contributed by atoms with van der Waals surface area (Å²) in [6.45, 7) is 4.72. The Kier molecular flexibility index (Phi) is 6.12. The van der Waals surface area contributed by atoms with Gasteiger partial charge < -0.3 is 36.5 Å². The van der Waals surface area contributed by atoms with Gasteiger partial charge in [0.15, 0.2) is 0 Å². The van der Waals surface area contributed by atoms with E-state index in [1.54, 1.807) is 25.3 Å². The highest BCUT2D eigenvalue weighted by Crippen LogP contribution is 2.39. The number of benzene rings is 1. The summed E-state index contributed by atoms with van der Waals surface area (Å²) < 4.78 is 5.93. The second kappa shape index (κ2) is 9.24. The van der Waals surface area contributed by atoms with E-state index in [2.05, 4.69) is 22.1 Å². The molecule has 1 saturated heterocycles. The fraction of sp³-hybridized carbons (Fsp3) is 0.385. The van der Waals surface area contributed by atoms with Crippen molar-refractivity contribution < 1.29 is 9.84 Å². The van der Waals surface area contributed by atoms with Crippen molar-refractivity contribution in [3.8, 4) is 5.75 Å². The molecule has 0 aliphatic carbocycles. The van der Waals surface area contributed by atoms with Crippen molar-refractivity contribution in [1.82, 2.24) is 20.3 Å². The van der Waals surface area contributed by atoms with E-state index in [1.165, 1.54) is 0 Å². The van der Waals surface area contributed by atoms with Crippen LogP contribution in [0, 0.1) is 0 Å². The number of anilines is 2.